The Labute approximate surface area is 162 Å². The van der Waals surface area contributed by atoms with E-state index in [1.807, 2.05) is 25.1 Å². The van der Waals surface area contributed by atoms with Gasteiger partial charge >= 0.3 is 11.9 Å². The Morgan fingerprint density at radius 3 is 2.78 bits per heavy atom. The molecule has 0 bridgehead atoms. The van der Waals surface area contributed by atoms with E-state index in [1.54, 1.807) is 18.3 Å². The first-order valence-corrected chi connectivity index (χ1v) is 9.31. The van der Waals surface area contributed by atoms with E-state index < -0.39 is 6.04 Å². The van der Waals surface area contributed by atoms with E-state index >= 15 is 0 Å². The van der Waals surface area contributed by atoms with Gasteiger partial charge in [0.25, 0.3) is 0 Å². The molecule has 8 heteroatoms. The summed E-state index contributed by atoms with van der Waals surface area (Å²) in [5, 5.41) is 3.72. The number of fused-ring (bicyclic) bond motifs is 1. The second-order valence-electron chi connectivity index (χ2n) is 6.76. The summed E-state index contributed by atoms with van der Waals surface area (Å²) in [6.45, 7) is 3.47. The number of hydrogen-bond acceptors (Lipinski definition) is 4. The van der Waals surface area contributed by atoms with Crippen molar-refractivity contribution in [1.82, 2.24) is 15.1 Å². The zero-order chi connectivity index (χ0) is 19.0. The number of halogens is 1. The second kappa shape index (κ2) is 7.15. The number of nitroso groups, excluding NO2 is 1. The maximum atomic E-state index is 12.6. The summed E-state index contributed by atoms with van der Waals surface area (Å²) in [7, 11) is 0. The van der Waals surface area contributed by atoms with Crippen LogP contribution in [-0.2, 0) is 11.4 Å². The van der Waals surface area contributed by atoms with E-state index in [0.29, 0.717) is 31.1 Å². The van der Waals surface area contributed by atoms with Crippen LogP contribution in [0.2, 0.25) is 5.02 Å². The number of pyridine rings is 1. The molecule has 1 aromatic carbocycles. The van der Waals surface area contributed by atoms with Crippen molar-refractivity contribution in [2.75, 3.05) is 13.1 Å². The quantitative estimate of drug-likeness (QED) is 0.754. The number of carbonyl (C=O) groups excluding carboxylic acids is 1. The molecule has 3 heterocycles. The minimum atomic E-state index is -0.920. The van der Waals surface area contributed by atoms with Crippen molar-refractivity contribution in [3.63, 3.8) is 0 Å². The minimum Gasteiger partial charge on any atom is -0.487 e. The van der Waals surface area contributed by atoms with Gasteiger partial charge in [-0.2, -0.15) is 5.01 Å². The van der Waals surface area contributed by atoms with E-state index in [2.05, 4.69) is 4.98 Å². The van der Waals surface area contributed by atoms with Gasteiger partial charge in [-0.05, 0) is 54.2 Å². The number of carbonyl (C=O) groups is 1. The number of nitrogens with zero attached hydrogens (tertiary/aromatic N) is 4. The van der Waals surface area contributed by atoms with Crippen molar-refractivity contribution < 1.29 is 14.4 Å². The maximum Gasteiger partial charge on any atom is 0.356 e. The number of hydrazine groups is 2. The van der Waals surface area contributed by atoms with Crippen LogP contribution in [0.5, 0.6) is 5.75 Å². The zero-order valence-corrected chi connectivity index (χ0v) is 15.7. The van der Waals surface area contributed by atoms with Crippen molar-refractivity contribution >= 4 is 17.5 Å². The lowest BCUT2D eigenvalue weighted by molar-refractivity contribution is -0.741. The SMILES string of the molecule is Cc1cc(COc2ccc(C3C(=O)N4CCCCN4[N+]3=O)nc2)ccc1Cl. The highest BCUT2D eigenvalue weighted by molar-refractivity contribution is 6.31. The summed E-state index contributed by atoms with van der Waals surface area (Å²) >= 11 is 6.03. The molecule has 1 unspecified atom stereocenters. The predicted octanol–water partition coefficient (Wildman–Crippen LogP) is 3.21. The Balaban J connectivity index is 1.45. The Hall–Kier alpha value is -2.67. The van der Waals surface area contributed by atoms with Crippen LogP contribution in [0.3, 0.4) is 0 Å². The van der Waals surface area contributed by atoms with Gasteiger partial charge in [0.05, 0.1) is 11.1 Å². The molecule has 0 saturated carbocycles. The third-order valence-electron chi connectivity index (χ3n) is 4.86. The van der Waals surface area contributed by atoms with Gasteiger partial charge < -0.3 is 4.74 Å². The van der Waals surface area contributed by atoms with Crippen LogP contribution in [0.1, 0.15) is 35.7 Å². The number of hydrogen-bond donors (Lipinski definition) is 0. The Kier molecular flexibility index (Phi) is 4.70. The number of aryl methyl sites for hydroxylation is 1. The van der Waals surface area contributed by atoms with Gasteiger partial charge in [-0.1, -0.05) is 23.7 Å². The van der Waals surface area contributed by atoms with Crippen molar-refractivity contribution in [2.24, 2.45) is 0 Å². The summed E-state index contributed by atoms with van der Waals surface area (Å²) in [5.74, 6) is 0.356. The first-order valence-electron chi connectivity index (χ1n) is 8.93. The third-order valence-corrected chi connectivity index (χ3v) is 5.28. The van der Waals surface area contributed by atoms with Gasteiger partial charge in [-0.25, -0.2) is 4.98 Å². The summed E-state index contributed by atoms with van der Waals surface area (Å²) in [6, 6.07) is 8.22. The molecule has 1 aromatic heterocycles. The van der Waals surface area contributed by atoms with Gasteiger partial charge in [-0.3, -0.25) is 4.79 Å². The first-order chi connectivity index (χ1) is 13.0. The van der Waals surface area contributed by atoms with Crippen LogP contribution >= 0.6 is 11.6 Å². The topological polar surface area (TPSA) is 65.8 Å². The van der Waals surface area contributed by atoms with E-state index in [4.69, 9.17) is 16.3 Å². The molecule has 2 aliphatic rings. The highest BCUT2D eigenvalue weighted by Gasteiger charge is 2.55. The van der Waals surface area contributed by atoms with E-state index in [0.717, 1.165) is 33.9 Å². The van der Waals surface area contributed by atoms with Gasteiger partial charge in [0, 0.05) is 11.6 Å². The monoisotopic (exact) mass is 387 g/mol. The molecule has 2 fully saturated rings. The fourth-order valence-electron chi connectivity index (χ4n) is 3.39. The first kappa shape index (κ1) is 17.7. The van der Waals surface area contributed by atoms with Crippen molar-refractivity contribution in [1.29, 1.82) is 0 Å². The molecule has 0 N–H and O–H groups in total. The van der Waals surface area contributed by atoms with Gasteiger partial charge in [0.15, 0.2) is 4.87 Å². The molecule has 2 aliphatic heterocycles. The average molecular weight is 388 g/mol. The lowest BCUT2D eigenvalue weighted by atomic mass is 10.1. The van der Waals surface area contributed by atoms with Gasteiger partial charge in [0.1, 0.15) is 24.6 Å². The molecule has 2 saturated heterocycles. The maximum absolute atomic E-state index is 12.6. The third kappa shape index (κ3) is 3.35. The molecule has 4 rings (SSSR count). The second-order valence-corrected chi connectivity index (χ2v) is 7.17. The van der Waals surface area contributed by atoms with Crippen molar-refractivity contribution in [3.8, 4) is 5.75 Å². The average Bonchev–Trinajstić information content (AvgIpc) is 2.94. The van der Waals surface area contributed by atoms with Crippen molar-refractivity contribution in [3.05, 3.63) is 63.3 Å². The Morgan fingerprint density at radius 2 is 2.07 bits per heavy atom. The van der Waals surface area contributed by atoms with Crippen LogP contribution in [0.25, 0.3) is 0 Å². The lowest BCUT2D eigenvalue weighted by Gasteiger charge is -2.24. The molecule has 7 nitrogen and oxygen atoms in total. The fourth-order valence-corrected chi connectivity index (χ4v) is 3.51. The highest BCUT2D eigenvalue weighted by Crippen LogP contribution is 2.30. The molecular formula is C19H20ClN4O3+. The highest BCUT2D eigenvalue weighted by atomic mass is 35.5. The number of aromatic nitrogens is 1. The van der Waals surface area contributed by atoms with Crippen molar-refractivity contribution in [2.45, 2.75) is 32.4 Å². The van der Waals surface area contributed by atoms with Crippen LogP contribution < -0.4 is 4.74 Å². The zero-order valence-electron chi connectivity index (χ0n) is 15.0. The molecular weight excluding hydrogens is 368 g/mol. The van der Waals surface area contributed by atoms with Gasteiger partial charge in [0.2, 0.25) is 0 Å². The normalized spacial score (nSPS) is 19.4. The summed E-state index contributed by atoms with van der Waals surface area (Å²) < 4.78 is 5.75. The molecule has 1 atom stereocenters. The number of amides is 1. The summed E-state index contributed by atoms with van der Waals surface area (Å²) in [5.41, 5.74) is 2.43. The standard InChI is InChI=1S/C19H20ClN4O3/c1-13-10-14(4-6-16(13)20)12-27-15-5-7-17(21-11-15)18-19(25)22-8-2-3-9-23(22)24(18)26/h4-7,10-11,18H,2-3,8-9,12H2,1H3/q+1. The Bertz CT molecular complexity index is 863. The lowest BCUT2D eigenvalue weighted by Crippen LogP contribution is -2.45. The molecule has 1 amide bonds. The number of benzene rings is 1. The smallest absolute Gasteiger partial charge is 0.356 e. The van der Waals surface area contributed by atoms with Crippen LogP contribution in [0.4, 0.5) is 0 Å². The Morgan fingerprint density at radius 1 is 1.26 bits per heavy atom. The van der Waals surface area contributed by atoms with Crippen LogP contribution in [0.15, 0.2) is 36.5 Å². The minimum absolute atomic E-state index is 0.220. The number of rotatable bonds is 4. The summed E-state index contributed by atoms with van der Waals surface area (Å²) in [6.07, 6.45) is 3.36. The summed E-state index contributed by atoms with van der Waals surface area (Å²) in [4.78, 5) is 30.1. The molecule has 0 aliphatic carbocycles. The van der Waals surface area contributed by atoms with E-state index in [-0.39, 0.29) is 5.91 Å². The predicted molar refractivity (Wildman–Crippen MR) is 98.8 cm³/mol. The largest absolute Gasteiger partial charge is 0.487 e. The van der Waals surface area contributed by atoms with Crippen LogP contribution in [0, 0.1) is 11.8 Å². The molecule has 0 radical (unpaired) electrons. The van der Waals surface area contributed by atoms with E-state index in [9.17, 15) is 9.70 Å². The molecule has 140 valence electrons. The molecule has 2 aromatic rings. The van der Waals surface area contributed by atoms with E-state index in [1.165, 1.54) is 10.1 Å². The van der Waals surface area contributed by atoms with Gasteiger partial charge in [-0.15, -0.1) is 0 Å². The molecule has 27 heavy (non-hydrogen) atoms. The fraction of sp³-hybridized carbons (Fsp3) is 0.368. The molecule has 0 spiro atoms. The van der Waals surface area contributed by atoms with Crippen LogP contribution in [-0.4, -0.2) is 39.0 Å². The number of ether oxygens (including phenoxy) is 1.